The molecule has 0 bridgehead atoms. The minimum atomic E-state index is -3.71. The molecule has 112 valence electrons. The molecule has 0 saturated carbocycles. The fourth-order valence-corrected chi connectivity index (χ4v) is 3.06. The summed E-state index contributed by atoms with van der Waals surface area (Å²) in [7, 11) is -3.71. The summed E-state index contributed by atoms with van der Waals surface area (Å²) in [6.45, 7) is 5.80. The van der Waals surface area contributed by atoms with E-state index in [1.54, 1.807) is 31.2 Å². The molecule has 0 amide bonds. The van der Waals surface area contributed by atoms with E-state index in [2.05, 4.69) is 4.72 Å². The maximum absolute atomic E-state index is 13.2. The lowest BCUT2D eigenvalue weighted by Gasteiger charge is -2.12. The molecule has 0 unspecified atom stereocenters. The van der Waals surface area contributed by atoms with Crippen LogP contribution in [0, 0.1) is 12.7 Å². The first-order chi connectivity index (χ1) is 9.79. The molecular weight excluding hydrogens is 289 g/mol. The van der Waals surface area contributed by atoms with Crippen LogP contribution in [0.1, 0.15) is 30.9 Å². The Labute approximate surface area is 124 Å². The highest BCUT2D eigenvalue weighted by atomic mass is 32.2. The first kappa shape index (κ1) is 15.5. The van der Waals surface area contributed by atoms with Crippen molar-refractivity contribution in [2.75, 3.05) is 4.72 Å². The van der Waals surface area contributed by atoms with Crippen LogP contribution in [0.25, 0.3) is 0 Å². The van der Waals surface area contributed by atoms with Crippen LogP contribution in [0.4, 0.5) is 10.1 Å². The predicted octanol–water partition coefficient (Wildman–Crippen LogP) is 4.06. The van der Waals surface area contributed by atoms with E-state index in [1.807, 2.05) is 13.8 Å². The standard InChI is InChI=1S/C16H18FNO2S/c1-11(2)13-5-8-15(9-6-13)21(19,20)18-16-10-14(17)7-4-12(16)3/h4-11,18H,1-3H3. The van der Waals surface area contributed by atoms with Crippen LogP contribution in [0.15, 0.2) is 47.4 Å². The molecule has 0 aliphatic heterocycles. The van der Waals surface area contributed by atoms with Gasteiger partial charge in [-0.3, -0.25) is 4.72 Å². The summed E-state index contributed by atoms with van der Waals surface area (Å²) in [5, 5.41) is 0. The number of rotatable bonds is 4. The zero-order chi connectivity index (χ0) is 15.6. The second kappa shape index (κ2) is 5.85. The normalized spacial score (nSPS) is 11.7. The molecule has 5 heteroatoms. The van der Waals surface area contributed by atoms with E-state index >= 15 is 0 Å². The number of halogens is 1. The smallest absolute Gasteiger partial charge is 0.261 e. The molecule has 21 heavy (non-hydrogen) atoms. The molecule has 0 aliphatic rings. The van der Waals surface area contributed by atoms with Crippen LogP contribution in [-0.2, 0) is 10.0 Å². The van der Waals surface area contributed by atoms with Crippen LogP contribution >= 0.6 is 0 Å². The van der Waals surface area contributed by atoms with Gasteiger partial charge in [0.15, 0.2) is 0 Å². The van der Waals surface area contributed by atoms with Crippen molar-refractivity contribution in [2.24, 2.45) is 0 Å². The zero-order valence-corrected chi connectivity index (χ0v) is 13.0. The third-order valence-corrected chi connectivity index (χ3v) is 4.68. The Morgan fingerprint density at radius 3 is 2.24 bits per heavy atom. The van der Waals surface area contributed by atoms with Gasteiger partial charge in [0.25, 0.3) is 10.0 Å². The van der Waals surface area contributed by atoms with Crippen LogP contribution in [0.3, 0.4) is 0 Å². The van der Waals surface area contributed by atoms with Gasteiger partial charge in [-0.05, 0) is 48.2 Å². The number of sulfonamides is 1. The number of anilines is 1. The average molecular weight is 307 g/mol. The molecule has 0 saturated heterocycles. The molecule has 3 nitrogen and oxygen atoms in total. The van der Waals surface area contributed by atoms with E-state index in [-0.39, 0.29) is 10.6 Å². The maximum Gasteiger partial charge on any atom is 0.261 e. The molecular formula is C16H18FNO2S. The minimum absolute atomic E-state index is 0.163. The van der Waals surface area contributed by atoms with Crippen molar-refractivity contribution in [1.29, 1.82) is 0 Å². The highest BCUT2D eigenvalue weighted by molar-refractivity contribution is 7.92. The third-order valence-electron chi connectivity index (χ3n) is 3.30. The van der Waals surface area contributed by atoms with Gasteiger partial charge in [-0.1, -0.05) is 32.0 Å². The van der Waals surface area contributed by atoms with Gasteiger partial charge in [-0.15, -0.1) is 0 Å². The van der Waals surface area contributed by atoms with E-state index in [4.69, 9.17) is 0 Å². The first-order valence-electron chi connectivity index (χ1n) is 6.68. The Hall–Kier alpha value is -1.88. The van der Waals surface area contributed by atoms with Crippen molar-refractivity contribution in [3.05, 3.63) is 59.4 Å². The molecule has 0 aliphatic carbocycles. The SMILES string of the molecule is Cc1ccc(F)cc1NS(=O)(=O)c1ccc(C(C)C)cc1. The molecule has 1 N–H and O–H groups in total. The van der Waals surface area contributed by atoms with Crippen LogP contribution in [-0.4, -0.2) is 8.42 Å². The number of nitrogens with one attached hydrogen (secondary N) is 1. The monoisotopic (exact) mass is 307 g/mol. The van der Waals surface area contributed by atoms with Gasteiger partial charge in [0, 0.05) is 0 Å². The van der Waals surface area contributed by atoms with Crippen molar-refractivity contribution >= 4 is 15.7 Å². The van der Waals surface area contributed by atoms with Gasteiger partial charge in [-0.2, -0.15) is 0 Å². The van der Waals surface area contributed by atoms with Gasteiger partial charge in [0.1, 0.15) is 5.82 Å². The summed E-state index contributed by atoms with van der Waals surface area (Å²) in [6.07, 6.45) is 0. The van der Waals surface area contributed by atoms with Gasteiger partial charge < -0.3 is 0 Å². The van der Waals surface area contributed by atoms with Crippen molar-refractivity contribution in [3.8, 4) is 0 Å². The average Bonchev–Trinajstić information content (AvgIpc) is 2.43. The molecule has 2 aromatic carbocycles. The lowest BCUT2D eigenvalue weighted by atomic mass is 10.0. The number of hydrogen-bond acceptors (Lipinski definition) is 2. The Balaban J connectivity index is 2.31. The Bertz CT molecular complexity index is 737. The molecule has 2 aromatic rings. The van der Waals surface area contributed by atoms with E-state index in [9.17, 15) is 12.8 Å². The van der Waals surface area contributed by atoms with Crippen molar-refractivity contribution in [2.45, 2.75) is 31.6 Å². The molecule has 0 aromatic heterocycles. The van der Waals surface area contributed by atoms with E-state index in [0.29, 0.717) is 11.5 Å². The van der Waals surface area contributed by atoms with E-state index < -0.39 is 15.8 Å². The first-order valence-corrected chi connectivity index (χ1v) is 8.17. The molecule has 0 spiro atoms. The van der Waals surface area contributed by atoms with E-state index in [0.717, 1.165) is 5.56 Å². The largest absolute Gasteiger partial charge is 0.279 e. The summed E-state index contributed by atoms with van der Waals surface area (Å²) >= 11 is 0. The zero-order valence-electron chi connectivity index (χ0n) is 12.2. The van der Waals surface area contributed by atoms with Gasteiger partial charge in [0.05, 0.1) is 10.6 Å². The summed E-state index contributed by atoms with van der Waals surface area (Å²) in [6, 6.07) is 10.7. The molecule has 0 heterocycles. The van der Waals surface area contributed by atoms with Gasteiger partial charge in [0.2, 0.25) is 0 Å². The van der Waals surface area contributed by atoms with Crippen LogP contribution in [0.5, 0.6) is 0 Å². The third kappa shape index (κ3) is 3.61. The second-order valence-electron chi connectivity index (χ2n) is 5.29. The summed E-state index contributed by atoms with van der Waals surface area (Å²) in [5.41, 5.74) is 1.98. The predicted molar refractivity (Wildman–Crippen MR) is 82.5 cm³/mol. The summed E-state index contributed by atoms with van der Waals surface area (Å²) in [4.78, 5) is 0.163. The highest BCUT2D eigenvalue weighted by Crippen LogP contribution is 2.22. The molecule has 2 rings (SSSR count). The topological polar surface area (TPSA) is 46.2 Å². The fraction of sp³-hybridized carbons (Fsp3) is 0.250. The lowest BCUT2D eigenvalue weighted by molar-refractivity contribution is 0.601. The van der Waals surface area contributed by atoms with Gasteiger partial charge >= 0.3 is 0 Å². The van der Waals surface area contributed by atoms with Crippen LogP contribution < -0.4 is 4.72 Å². The Morgan fingerprint density at radius 1 is 1.05 bits per heavy atom. The Morgan fingerprint density at radius 2 is 1.67 bits per heavy atom. The highest BCUT2D eigenvalue weighted by Gasteiger charge is 2.15. The number of hydrogen-bond donors (Lipinski definition) is 1. The number of aryl methyl sites for hydroxylation is 1. The maximum atomic E-state index is 13.2. The van der Waals surface area contributed by atoms with Crippen molar-refractivity contribution in [3.63, 3.8) is 0 Å². The molecule has 0 radical (unpaired) electrons. The number of benzene rings is 2. The van der Waals surface area contributed by atoms with Crippen molar-refractivity contribution < 1.29 is 12.8 Å². The molecule has 0 atom stereocenters. The van der Waals surface area contributed by atoms with E-state index in [1.165, 1.54) is 18.2 Å². The van der Waals surface area contributed by atoms with Gasteiger partial charge in [-0.25, -0.2) is 12.8 Å². The van der Waals surface area contributed by atoms with Crippen LogP contribution in [0.2, 0.25) is 0 Å². The summed E-state index contributed by atoms with van der Waals surface area (Å²) in [5.74, 6) is -0.145. The Kier molecular flexibility index (Phi) is 4.32. The fourth-order valence-electron chi connectivity index (χ4n) is 1.94. The minimum Gasteiger partial charge on any atom is -0.279 e. The summed E-state index contributed by atoms with van der Waals surface area (Å²) < 4.78 is 40.3. The quantitative estimate of drug-likeness (QED) is 0.926. The lowest BCUT2D eigenvalue weighted by Crippen LogP contribution is -2.14. The van der Waals surface area contributed by atoms with Crippen molar-refractivity contribution in [1.82, 2.24) is 0 Å². The molecule has 0 fully saturated rings. The second-order valence-corrected chi connectivity index (χ2v) is 6.97.